The van der Waals surface area contributed by atoms with Crippen LogP contribution in [0.1, 0.15) is 5.56 Å². The van der Waals surface area contributed by atoms with Crippen molar-refractivity contribution in [2.75, 3.05) is 23.7 Å². The van der Waals surface area contributed by atoms with E-state index < -0.39 is 10.0 Å². The maximum absolute atomic E-state index is 12.1. The predicted molar refractivity (Wildman–Crippen MR) is 105 cm³/mol. The van der Waals surface area contributed by atoms with Gasteiger partial charge in [0.2, 0.25) is 10.0 Å². The number of nitrogens with one attached hydrogen (secondary N) is 3. The average molecular weight is 384 g/mol. The highest BCUT2D eigenvalue weighted by Crippen LogP contribution is 2.13. The van der Waals surface area contributed by atoms with Gasteiger partial charge in [-0.1, -0.05) is 36.4 Å². The molecule has 0 aliphatic heterocycles. The van der Waals surface area contributed by atoms with Crippen molar-refractivity contribution in [2.45, 2.75) is 5.75 Å². The highest BCUT2D eigenvalue weighted by atomic mass is 32.2. The summed E-state index contributed by atoms with van der Waals surface area (Å²) in [4.78, 5) is 12.4. The van der Waals surface area contributed by atoms with Crippen LogP contribution in [0.4, 0.5) is 17.5 Å². The minimum Gasteiger partial charge on any atom is -0.369 e. The van der Waals surface area contributed by atoms with Gasteiger partial charge in [0.25, 0.3) is 0 Å². The van der Waals surface area contributed by atoms with E-state index in [4.69, 9.17) is 0 Å². The zero-order chi connectivity index (χ0) is 19.0. The van der Waals surface area contributed by atoms with Crippen LogP contribution in [-0.2, 0) is 15.8 Å². The molecule has 0 aliphatic carbocycles. The van der Waals surface area contributed by atoms with Crippen molar-refractivity contribution in [3.05, 3.63) is 72.7 Å². The fraction of sp³-hybridized carbons (Fsp3) is 0.167. The van der Waals surface area contributed by atoms with Crippen LogP contribution in [0.2, 0.25) is 0 Å². The third-order valence-electron chi connectivity index (χ3n) is 3.54. The molecule has 27 heavy (non-hydrogen) atoms. The molecule has 0 radical (unpaired) electrons. The van der Waals surface area contributed by atoms with Gasteiger partial charge in [-0.15, -0.1) is 0 Å². The Morgan fingerprint density at radius 1 is 0.815 bits per heavy atom. The summed E-state index contributed by atoms with van der Waals surface area (Å²) in [6, 6.07) is 16.3. The Balaban J connectivity index is 1.47. The maximum atomic E-state index is 12.1. The molecule has 0 atom stereocenters. The van der Waals surface area contributed by atoms with Gasteiger partial charge in [0, 0.05) is 25.4 Å². The molecule has 0 aliphatic rings. The Morgan fingerprint density at radius 2 is 1.59 bits per heavy atom. The first-order chi connectivity index (χ1) is 13.1. The van der Waals surface area contributed by atoms with Crippen molar-refractivity contribution in [2.24, 2.45) is 0 Å². The molecule has 3 rings (SSSR count). The number of pyridine rings is 1. The first-order valence-corrected chi connectivity index (χ1v) is 10.0. The first-order valence-electron chi connectivity index (χ1n) is 8.36. The van der Waals surface area contributed by atoms with Gasteiger partial charge in [0.1, 0.15) is 23.8 Å². The Bertz CT molecular complexity index is 952. The number of rotatable bonds is 9. The van der Waals surface area contributed by atoms with E-state index in [1.807, 2.05) is 36.4 Å². The van der Waals surface area contributed by atoms with Crippen molar-refractivity contribution in [3.8, 4) is 0 Å². The molecular weight excluding hydrogens is 364 g/mol. The van der Waals surface area contributed by atoms with Crippen LogP contribution in [0, 0.1) is 0 Å². The second-order valence-electron chi connectivity index (χ2n) is 5.69. The molecule has 3 aromatic rings. The molecule has 0 unspecified atom stereocenters. The lowest BCUT2D eigenvalue weighted by Crippen LogP contribution is -2.30. The molecular formula is C18H20N6O2S. The largest absolute Gasteiger partial charge is 0.369 e. The highest BCUT2D eigenvalue weighted by molar-refractivity contribution is 7.88. The zero-order valence-corrected chi connectivity index (χ0v) is 15.4. The van der Waals surface area contributed by atoms with Crippen molar-refractivity contribution in [1.29, 1.82) is 0 Å². The predicted octanol–water partition coefficient (Wildman–Crippen LogP) is 2.15. The molecule has 0 spiro atoms. The highest BCUT2D eigenvalue weighted by Gasteiger charge is 2.10. The summed E-state index contributed by atoms with van der Waals surface area (Å²) in [6.07, 6.45) is 3.11. The summed E-state index contributed by atoms with van der Waals surface area (Å²) >= 11 is 0. The van der Waals surface area contributed by atoms with E-state index in [1.165, 1.54) is 6.33 Å². The van der Waals surface area contributed by atoms with Gasteiger partial charge in [0.15, 0.2) is 0 Å². The minimum atomic E-state index is -3.38. The molecule has 0 saturated heterocycles. The number of hydrogen-bond donors (Lipinski definition) is 3. The topological polar surface area (TPSA) is 109 Å². The third kappa shape index (κ3) is 6.32. The minimum absolute atomic E-state index is 0.0422. The number of anilines is 3. The molecule has 8 nitrogen and oxygen atoms in total. The number of benzene rings is 1. The number of sulfonamides is 1. The summed E-state index contributed by atoms with van der Waals surface area (Å²) in [7, 11) is -3.38. The SMILES string of the molecule is O=S(=O)(Cc1ccccc1)NCCNc1cc(Nc2ccccn2)ncn1. The van der Waals surface area contributed by atoms with Gasteiger partial charge in [-0.2, -0.15) is 0 Å². The van der Waals surface area contributed by atoms with E-state index in [-0.39, 0.29) is 12.3 Å². The van der Waals surface area contributed by atoms with E-state index in [0.29, 0.717) is 24.0 Å². The standard InChI is InChI=1S/C18H20N6O2S/c25-27(26,13-15-6-2-1-3-7-15)23-11-10-20-17-12-18(22-14-21-17)24-16-8-4-5-9-19-16/h1-9,12,14,23H,10-11,13H2,(H2,19,20,21,22,24). The smallest absolute Gasteiger partial charge is 0.215 e. The number of nitrogens with zero attached hydrogens (tertiary/aromatic N) is 3. The number of aromatic nitrogens is 3. The molecule has 2 heterocycles. The fourth-order valence-electron chi connectivity index (χ4n) is 2.33. The van der Waals surface area contributed by atoms with Crippen LogP contribution in [0.15, 0.2) is 67.1 Å². The Kier molecular flexibility index (Phi) is 6.29. The zero-order valence-electron chi connectivity index (χ0n) is 14.5. The Hall–Kier alpha value is -3.04. The van der Waals surface area contributed by atoms with Crippen LogP contribution in [0.3, 0.4) is 0 Å². The summed E-state index contributed by atoms with van der Waals surface area (Å²) in [5.41, 5.74) is 0.749. The molecule has 0 amide bonds. The van der Waals surface area contributed by atoms with Crippen LogP contribution >= 0.6 is 0 Å². The summed E-state index contributed by atoms with van der Waals surface area (Å²) < 4.78 is 26.7. The van der Waals surface area contributed by atoms with Gasteiger partial charge in [0.05, 0.1) is 5.75 Å². The van der Waals surface area contributed by atoms with E-state index in [9.17, 15) is 8.42 Å². The summed E-state index contributed by atoms with van der Waals surface area (Å²) in [5.74, 6) is 1.82. The van der Waals surface area contributed by atoms with Gasteiger partial charge in [-0.05, 0) is 17.7 Å². The quantitative estimate of drug-likeness (QED) is 0.485. The lowest BCUT2D eigenvalue weighted by Gasteiger charge is -2.09. The summed E-state index contributed by atoms with van der Waals surface area (Å²) in [6.45, 7) is 0.649. The van der Waals surface area contributed by atoms with Crippen LogP contribution in [0.5, 0.6) is 0 Å². The second kappa shape index (κ2) is 9.06. The average Bonchev–Trinajstić information content (AvgIpc) is 2.67. The van der Waals surface area contributed by atoms with E-state index in [1.54, 1.807) is 24.4 Å². The molecule has 0 fully saturated rings. The summed E-state index contributed by atoms with van der Waals surface area (Å²) in [5, 5.41) is 6.14. The lowest BCUT2D eigenvalue weighted by atomic mass is 10.2. The van der Waals surface area contributed by atoms with Crippen molar-refractivity contribution in [3.63, 3.8) is 0 Å². The van der Waals surface area contributed by atoms with Crippen LogP contribution in [-0.4, -0.2) is 36.5 Å². The molecule has 3 N–H and O–H groups in total. The van der Waals surface area contributed by atoms with Crippen molar-refractivity contribution < 1.29 is 8.42 Å². The third-order valence-corrected chi connectivity index (χ3v) is 4.90. The van der Waals surface area contributed by atoms with Gasteiger partial charge >= 0.3 is 0 Å². The monoisotopic (exact) mass is 384 g/mol. The Labute approximate surface area is 158 Å². The van der Waals surface area contributed by atoms with E-state index in [2.05, 4.69) is 30.3 Å². The van der Waals surface area contributed by atoms with Crippen molar-refractivity contribution in [1.82, 2.24) is 19.7 Å². The van der Waals surface area contributed by atoms with E-state index in [0.717, 1.165) is 5.56 Å². The van der Waals surface area contributed by atoms with E-state index >= 15 is 0 Å². The van der Waals surface area contributed by atoms with Gasteiger partial charge in [-0.3, -0.25) is 0 Å². The molecule has 0 bridgehead atoms. The molecule has 9 heteroatoms. The fourth-order valence-corrected chi connectivity index (χ4v) is 3.48. The van der Waals surface area contributed by atoms with Crippen molar-refractivity contribution >= 4 is 27.5 Å². The second-order valence-corrected chi connectivity index (χ2v) is 7.50. The van der Waals surface area contributed by atoms with Gasteiger partial charge < -0.3 is 10.6 Å². The van der Waals surface area contributed by atoms with Gasteiger partial charge in [-0.25, -0.2) is 28.1 Å². The lowest BCUT2D eigenvalue weighted by molar-refractivity contribution is 0.582. The van der Waals surface area contributed by atoms with Crippen LogP contribution < -0.4 is 15.4 Å². The van der Waals surface area contributed by atoms with Crippen LogP contribution in [0.25, 0.3) is 0 Å². The molecule has 1 aromatic carbocycles. The number of hydrogen-bond acceptors (Lipinski definition) is 7. The maximum Gasteiger partial charge on any atom is 0.215 e. The first kappa shape index (κ1) is 18.7. The Morgan fingerprint density at radius 3 is 2.37 bits per heavy atom. The molecule has 0 saturated carbocycles. The molecule has 140 valence electrons. The molecule has 2 aromatic heterocycles. The normalized spacial score (nSPS) is 11.1.